The summed E-state index contributed by atoms with van der Waals surface area (Å²) in [5.41, 5.74) is 2.58. The Morgan fingerprint density at radius 1 is 1.30 bits per heavy atom. The molecule has 1 aliphatic heterocycles. The van der Waals surface area contributed by atoms with E-state index in [0.717, 1.165) is 32.5 Å². The van der Waals surface area contributed by atoms with E-state index < -0.39 is 5.97 Å². The van der Waals surface area contributed by atoms with Crippen LogP contribution in [0.4, 0.5) is 0 Å². The molecule has 4 nitrogen and oxygen atoms in total. The number of benzene rings is 1. The second-order valence-electron chi connectivity index (χ2n) is 5.67. The van der Waals surface area contributed by atoms with Crippen molar-refractivity contribution in [1.82, 2.24) is 9.47 Å². The van der Waals surface area contributed by atoms with Gasteiger partial charge in [0, 0.05) is 30.7 Å². The fraction of sp³-hybridized carbons (Fsp3) is 0.438. The van der Waals surface area contributed by atoms with Gasteiger partial charge in [0.2, 0.25) is 0 Å². The fourth-order valence-corrected chi connectivity index (χ4v) is 3.13. The van der Waals surface area contributed by atoms with E-state index >= 15 is 0 Å². The first-order valence-electron chi connectivity index (χ1n) is 7.13. The van der Waals surface area contributed by atoms with Crippen LogP contribution in [0.1, 0.15) is 18.4 Å². The van der Waals surface area contributed by atoms with Gasteiger partial charge in [-0.05, 0) is 37.6 Å². The molecule has 2 aromatic rings. The number of hydrogen-bond donors (Lipinski definition) is 1. The van der Waals surface area contributed by atoms with Gasteiger partial charge in [-0.15, -0.1) is 0 Å². The van der Waals surface area contributed by atoms with Crippen LogP contribution in [0.25, 0.3) is 10.9 Å². The average Bonchev–Trinajstić information content (AvgIpc) is 2.77. The van der Waals surface area contributed by atoms with Gasteiger partial charge < -0.3 is 9.67 Å². The van der Waals surface area contributed by atoms with Crippen molar-refractivity contribution in [2.45, 2.75) is 19.4 Å². The molecule has 0 saturated carbocycles. The number of piperidine rings is 1. The Morgan fingerprint density at radius 2 is 2.00 bits per heavy atom. The van der Waals surface area contributed by atoms with E-state index in [-0.39, 0.29) is 5.92 Å². The van der Waals surface area contributed by atoms with Crippen LogP contribution in [0.15, 0.2) is 30.5 Å². The van der Waals surface area contributed by atoms with Crippen molar-refractivity contribution in [2.24, 2.45) is 13.0 Å². The molecule has 0 aliphatic carbocycles. The lowest BCUT2D eigenvalue weighted by Crippen LogP contribution is -2.35. The van der Waals surface area contributed by atoms with Crippen molar-refractivity contribution in [3.63, 3.8) is 0 Å². The summed E-state index contributed by atoms with van der Waals surface area (Å²) < 4.78 is 2.16. The molecule has 20 heavy (non-hydrogen) atoms. The fourth-order valence-electron chi connectivity index (χ4n) is 3.13. The molecule has 1 aliphatic rings. The highest BCUT2D eigenvalue weighted by atomic mass is 16.4. The molecule has 1 fully saturated rings. The quantitative estimate of drug-likeness (QED) is 0.933. The molecule has 4 heteroatoms. The van der Waals surface area contributed by atoms with Crippen LogP contribution in [0.2, 0.25) is 0 Å². The van der Waals surface area contributed by atoms with Crippen LogP contribution in [-0.4, -0.2) is 33.6 Å². The van der Waals surface area contributed by atoms with Crippen molar-refractivity contribution in [3.8, 4) is 0 Å². The number of nitrogens with zero attached hydrogens (tertiary/aromatic N) is 2. The molecule has 1 saturated heterocycles. The predicted molar refractivity (Wildman–Crippen MR) is 78.6 cm³/mol. The van der Waals surface area contributed by atoms with Crippen molar-refractivity contribution in [3.05, 3.63) is 36.0 Å². The van der Waals surface area contributed by atoms with E-state index in [0.29, 0.717) is 0 Å². The first kappa shape index (κ1) is 13.2. The second kappa shape index (κ2) is 5.29. The van der Waals surface area contributed by atoms with Gasteiger partial charge in [-0.3, -0.25) is 9.69 Å². The zero-order valence-electron chi connectivity index (χ0n) is 11.7. The molecule has 106 valence electrons. The van der Waals surface area contributed by atoms with Gasteiger partial charge in [0.25, 0.3) is 0 Å². The smallest absolute Gasteiger partial charge is 0.306 e. The number of aromatic nitrogens is 1. The van der Waals surface area contributed by atoms with Crippen molar-refractivity contribution >= 4 is 16.9 Å². The number of hydrogen-bond acceptors (Lipinski definition) is 2. The molecule has 1 aromatic carbocycles. The van der Waals surface area contributed by atoms with Crippen LogP contribution in [0.5, 0.6) is 0 Å². The largest absolute Gasteiger partial charge is 0.481 e. The summed E-state index contributed by atoms with van der Waals surface area (Å²) in [5, 5.41) is 10.3. The molecular weight excluding hydrogens is 252 g/mol. The molecule has 0 bridgehead atoms. The number of rotatable bonds is 3. The minimum atomic E-state index is -0.644. The maximum atomic E-state index is 11.0. The number of carboxylic acids is 1. The third kappa shape index (κ3) is 2.43. The Morgan fingerprint density at radius 3 is 2.70 bits per heavy atom. The highest BCUT2D eigenvalue weighted by molar-refractivity contribution is 5.83. The highest BCUT2D eigenvalue weighted by Crippen LogP contribution is 2.24. The molecule has 0 spiro atoms. The van der Waals surface area contributed by atoms with Gasteiger partial charge in [0.05, 0.1) is 5.92 Å². The summed E-state index contributed by atoms with van der Waals surface area (Å²) in [4.78, 5) is 13.3. The standard InChI is InChI=1S/C16H20N2O2/c1-17-10-13(14-4-2-3-5-15(14)17)11-18-8-6-12(7-9-18)16(19)20/h2-5,10,12H,6-9,11H2,1H3,(H,19,20). The van der Waals surface area contributed by atoms with E-state index in [1.54, 1.807) is 0 Å². The van der Waals surface area contributed by atoms with E-state index in [1.807, 2.05) is 0 Å². The maximum Gasteiger partial charge on any atom is 0.306 e. The lowest BCUT2D eigenvalue weighted by molar-refractivity contribution is -0.143. The first-order chi connectivity index (χ1) is 9.65. The zero-order chi connectivity index (χ0) is 14.1. The maximum absolute atomic E-state index is 11.0. The van der Waals surface area contributed by atoms with Gasteiger partial charge in [-0.1, -0.05) is 18.2 Å². The Labute approximate surface area is 118 Å². The van der Waals surface area contributed by atoms with Gasteiger partial charge in [0.15, 0.2) is 0 Å². The summed E-state index contributed by atoms with van der Waals surface area (Å²) in [7, 11) is 2.07. The van der Waals surface area contributed by atoms with Crippen LogP contribution in [0.3, 0.4) is 0 Å². The zero-order valence-corrected chi connectivity index (χ0v) is 11.7. The normalized spacial score (nSPS) is 17.6. The summed E-state index contributed by atoms with van der Waals surface area (Å²) in [5.74, 6) is -0.798. The number of carbonyl (C=O) groups is 1. The molecule has 1 aromatic heterocycles. The van der Waals surface area contributed by atoms with E-state index in [1.165, 1.54) is 16.5 Å². The minimum absolute atomic E-state index is 0.154. The van der Waals surface area contributed by atoms with Crippen molar-refractivity contribution in [2.75, 3.05) is 13.1 Å². The Kier molecular flexibility index (Phi) is 3.49. The Hall–Kier alpha value is -1.81. The van der Waals surface area contributed by atoms with Crippen LogP contribution < -0.4 is 0 Å². The minimum Gasteiger partial charge on any atom is -0.481 e. The number of aryl methyl sites for hydroxylation is 1. The van der Waals surface area contributed by atoms with E-state index in [2.05, 4.69) is 47.0 Å². The molecule has 0 radical (unpaired) electrons. The second-order valence-corrected chi connectivity index (χ2v) is 5.67. The number of fused-ring (bicyclic) bond motifs is 1. The molecule has 0 unspecified atom stereocenters. The molecule has 2 heterocycles. The van der Waals surface area contributed by atoms with Gasteiger partial charge in [-0.2, -0.15) is 0 Å². The van der Waals surface area contributed by atoms with Gasteiger partial charge in [0.1, 0.15) is 0 Å². The summed E-state index contributed by atoms with van der Waals surface area (Å²) >= 11 is 0. The van der Waals surface area contributed by atoms with Crippen molar-refractivity contribution < 1.29 is 9.90 Å². The molecule has 3 rings (SSSR count). The van der Waals surface area contributed by atoms with Crippen LogP contribution in [0, 0.1) is 5.92 Å². The topological polar surface area (TPSA) is 45.5 Å². The predicted octanol–water partition coefficient (Wildman–Crippen LogP) is 2.47. The number of para-hydroxylation sites is 1. The summed E-state index contributed by atoms with van der Waals surface area (Å²) in [6.07, 6.45) is 3.72. The molecule has 0 atom stereocenters. The third-order valence-electron chi connectivity index (χ3n) is 4.31. The SMILES string of the molecule is Cn1cc(CN2CCC(C(=O)O)CC2)c2ccccc21. The van der Waals surface area contributed by atoms with Gasteiger partial charge in [-0.25, -0.2) is 0 Å². The Bertz CT molecular complexity index is 624. The molecule has 1 N–H and O–H groups in total. The third-order valence-corrected chi connectivity index (χ3v) is 4.31. The number of aliphatic carboxylic acids is 1. The lowest BCUT2D eigenvalue weighted by atomic mass is 9.97. The van der Waals surface area contributed by atoms with Gasteiger partial charge >= 0.3 is 5.97 Å². The lowest BCUT2D eigenvalue weighted by Gasteiger charge is -2.29. The first-order valence-corrected chi connectivity index (χ1v) is 7.13. The van der Waals surface area contributed by atoms with E-state index in [9.17, 15) is 4.79 Å². The average molecular weight is 272 g/mol. The number of carboxylic acid groups (broad SMARTS) is 1. The van der Waals surface area contributed by atoms with Crippen LogP contribution in [-0.2, 0) is 18.4 Å². The van der Waals surface area contributed by atoms with Crippen LogP contribution >= 0.6 is 0 Å². The highest BCUT2D eigenvalue weighted by Gasteiger charge is 2.24. The Balaban J connectivity index is 1.73. The summed E-state index contributed by atoms with van der Waals surface area (Å²) in [6.45, 7) is 2.66. The molecular formula is C16H20N2O2. The van der Waals surface area contributed by atoms with E-state index in [4.69, 9.17) is 5.11 Å². The molecule has 0 amide bonds. The van der Waals surface area contributed by atoms with Crippen molar-refractivity contribution in [1.29, 1.82) is 0 Å². The summed E-state index contributed by atoms with van der Waals surface area (Å²) in [6, 6.07) is 8.43. The number of likely N-dealkylation sites (tertiary alicyclic amines) is 1. The monoisotopic (exact) mass is 272 g/mol.